The molecule has 0 bridgehead atoms. The van der Waals surface area contributed by atoms with Gasteiger partial charge in [-0.3, -0.25) is 0 Å². The van der Waals surface area contributed by atoms with Crippen LogP contribution in [0.2, 0.25) is 0 Å². The highest BCUT2D eigenvalue weighted by Crippen LogP contribution is 2.17. The smallest absolute Gasteiger partial charge is 0.392 e. The van der Waals surface area contributed by atoms with Crippen molar-refractivity contribution in [2.45, 2.75) is 32.4 Å². The van der Waals surface area contributed by atoms with Crippen molar-refractivity contribution in [1.29, 1.82) is 0 Å². The van der Waals surface area contributed by atoms with Crippen molar-refractivity contribution in [2.24, 2.45) is 0 Å². The lowest BCUT2D eigenvalue weighted by molar-refractivity contribution is 0.148. The molecule has 0 spiro atoms. The number of benzene rings is 1. The summed E-state index contributed by atoms with van der Waals surface area (Å²) in [6.07, 6.45) is 0.691. The highest BCUT2D eigenvalue weighted by atomic mass is 79.9. The Morgan fingerprint density at radius 1 is 1.42 bits per heavy atom. The molecule has 1 unspecified atom stereocenters. The predicted octanol–water partition coefficient (Wildman–Crippen LogP) is 2.28. The Labute approximate surface area is 119 Å². The van der Waals surface area contributed by atoms with Crippen LogP contribution in [0.5, 0.6) is 0 Å². The predicted molar refractivity (Wildman–Crippen MR) is 73.9 cm³/mol. The number of halogens is 1. The summed E-state index contributed by atoms with van der Waals surface area (Å²) in [6.45, 7) is 2.07. The molecule has 1 aromatic carbocycles. The number of hydrogen-bond acceptors (Lipinski definition) is 4. The third-order valence-electron chi connectivity index (χ3n) is 2.71. The molecule has 0 saturated heterocycles. The minimum Gasteiger partial charge on any atom is -0.392 e. The molecule has 2 aromatic rings. The molecule has 0 aliphatic carbocycles. The summed E-state index contributed by atoms with van der Waals surface area (Å²) in [5, 5.41) is 14.1. The number of aryl methyl sites for hydroxylation is 1. The van der Waals surface area contributed by atoms with Crippen molar-refractivity contribution in [3.63, 3.8) is 0 Å². The molecule has 1 heterocycles. The van der Waals surface area contributed by atoms with E-state index in [9.17, 15) is 9.90 Å². The molecule has 1 N–H and O–H groups in total. The van der Waals surface area contributed by atoms with Crippen LogP contribution >= 0.6 is 15.9 Å². The molecule has 0 aliphatic heterocycles. The fourth-order valence-electron chi connectivity index (χ4n) is 1.73. The van der Waals surface area contributed by atoms with E-state index in [0.29, 0.717) is 12.3 Å². The summed E-state index contributed by atoms with van der Waals surface area (Å²) in [5.74, 6) is -0.116. The van der Waals surface area contributed by atoms with E-state index in [1.54, 1.807) is 12.1 Å². The SMILES string of the molecule is CCCc1nn(CC(O)c2ccc(Br)cc2)c(=O)o1. The van der Waals surface area contributed by atoms with Crippen molar-refractivity contribution in [1.82, 2.24) is 9.78 Å². The second kappa shape index (κ2) is 6.16. The van der Waals surface area contributed by atoms with Gasteiger partial charge in [0.1, 0.15) is 0 Å². The average Bonchev–Trinajstić information content (AvgIpc) is 2.71. The van der Waals surface area contributed by atoms with Crippen molar-refractivity contribution in [2.75, 3.05) is 0 Å². The first-order valence-corrected chi connectivity index (χ1v) is 6.89. The second-order valence-electron chi connectivity index (χ2n) is 4.26. The summed E-state index contributed by atoms with van der Waals surface area (Å²) >= 11 is 3.33. The van der Waals surface area contributed by atoms with Gasteiger partial charge in [-0.1, -0.05) is 35.0 Å². The maximum Gasteiger partial charge on any atom is 0.437 e. The zero-order valence-electron chi connectivity index (χ0n) is 10.5. The average molecular weight is 327 g/mol. The molecule has 2 rings (SSSR count). The van der Waals surface area contributed by atoms with Gasteiger partial charge in [0.25, 0.3) is 0 Å². The standard InChI is InChI=1S/C13H15BrN2O3/c1-2-3-12-15-16(13(18)19-12)8-11(17)9-4-6-10(14)7-5-9/h4-7,11,17H,2-3,8H2,1H3. The molecule has 0 fully saturated rings. The van der Waals surface area contributed by atoms with Crippen LogP contribution in [-0.2, 0) is 13.0 Å². The molecular weight excluding hydrogens is 312 g/mol. The highest BCUT2D eigenvalue weighted by molar-refractivity contribution is 9.10. The lowest BCUT2D eigenvalue weighted by Crippen LogP contribution is -2.20. The van der Waals surface area contributed by atoms with Crippen LogP contribution in [0.4, 0.5) is 0 Å². The first kappa shape index (κ1) is 14.0. The maximum atomic E-state index is 11.6. The zero-order chi connectivity index (χ0) is 13.8. The molecular formula is C13H15BrN2O3. The quantitative estimate of drug-likeness (QED) is 0.915. The van der Waals surface area contributed by atoms with E-state index in [4.69, 9.17) is 4.42 Å². The third kappa shape index (κ3) is 3.54. The summed E-state index contributed by atoms with van der Waals surface area (Å²) in [4.78, 5) is 11.6. The van der Waals surface area contributed by atoms with Crippen LogP contribution in [0.1, 0.15) is 30.9 Å². The van der Waals surface area contributed by atoms with Crippen LogP contribution in [0, 0.1) is 0 Å². The van der Waals surface area contributed by atoms with E-state index in [2.05, 4.69) is 21.0 Å². The number of nitrogens with zero attached hydrogens (tertiary/aromatic N) is 2. The topological polar surface area (TPSA) is 68.3 Å². The lowest BCUT2D eigenvalue weighted by atomic mass is 10.1. The van der Waals surface area contributed by atoms with E-state index in [1.165, 1.54) is 0 Å². The van der Waals surface area contributed by atoms with Crippen LogP contribution < -0.4 is 5.76 Å². The molecule has 6 heteroatoms. The molecule has 1 atom stereocenters. The zero-order valence-corrected chi connectivity index (χ0v) is 12.1. The fourth-order valence-corrected chi connectivity index (χ4v) is 2.00. The third-order valence-corrected chi connectivity index (χ3v) is 3.24. The van der Waals surface area contributed by atoms with Crippen LogP contribution in [0.15, 0.2) is 37.9 Å². The summed E-state index contributed by atoms with van der Waals surface area (Å²) < 4.78 is 7.09. The van der Waals surface area contributed by atoms with E-state index in [-0.39, 0.29) is 6.54 Å². The fraction of sp³-hybridized carbons (Fsp3) is 0.385. The molecule has 0 amide bonds. The first-order valence-electron chi connectivity index (χ1n) is 6.10. The Hall–Kier alpha value is -1.40. The Bertz CT molecular complexity index is 589. The normalized spacial score (nSPS) is 12.6. The molecule has 0 radical (unpaired) electrons. The number of aliphatic hydroxyl groups excluding tert-OH is 1. The van der Waals surface area contributed by atoms with Gasteiger partial charge in [-0.2, -0.15) is 4.68 Å². The van der Waals surface area contributed by atoms with Gasteiger partial charge >= 0.3 is 5.76 Å². The lowest BCUT2D eigenvalue weighted by Gasteiger charge is -2.09. The minimum absolute atomic E-state index is 0.0910. The minimum atomic E-state index is -0.787. The Balaban J connectivity index is 2.12. The Morgan fingerprint density at radius 3 is 2.74 bits per heavy atom. The Kier molecular flexibility index (Phi) is 4.55. The van der Waals surface area contributed by atoms with Gasteiger partial charge in [-0.25, -0.2) is 4.79 Å². The van der Waals surface area contributed by atoms with Crippen LogP contribution in [0.25, 0.3) is 0 Å². The summed E-state index contributed by atoms with van der Waals surface area (Å²) in [6, 6.07) is 7.28. The Morgan fingerprint density at radius 2 is 2.11 bits per heavy atom. The second-order valence-corrected chi connectivity index (χ2v) is 5.18. The van der Waals surface area contributed by atoms with Crippen LogP contribution in [0.3, 0.4) is 0 Å². The van der Waals surface area contributed by atoms with Crippen molar-refractivity contribution < 1.29 is 9.52 Å². The molecule has 0 aliphatic rings. The molecule has 1 aromatic heterocycles. The number of rotatable bonds is 5. The number of hydrogen-bond donors (Lipinski definition) is 1. The summed E-state index contributed by atoms with van der Waals surface area (Å²) in [5.41, 5.74) is 0.732. The highest BCUT2D eigenvalue weighted by Gasteiger charge is 2.13. The van der Waals surface area contributed by atoms with Gasteiger partial charge in [0.05, 0.1) is 12.6 Å². The van der Waals surface area contributed by atoms with Gasteiger partial charge < -0.3 is 9.52 Å². The van der Waals surface area contributed by atoms with E-state index >= 15 is 0 Å². The van der Waals surface area contributed by atoms with E-state index < -0.39 is 11.9 Å². The van der Waals surface area contributed by atoms with Gasteiger partial charge in [0.15, 0.2) is 0 Å². The van der Waals surface area contributed by atoms with Crippen molar-refractivity contribution in [3.05, 3.63) is 50.7 Å². The summed E-state index contributed by atoms with van der Waals surface area (Å²) in [7, 11) is 0. The largest absolute Gasteiger partial charge is 0.437 e. The molecule has 0 saturated carbocycles. The maximum absolute atomic E-state index is 11.6. The first-order chi connectivity index (χ1) is 9.10. The monoisotopic (exact) mass is 326 g/mol. The number of aliphatic hydroxyl groups is 1. The molecule has 102 valence electrons. The van der Waals surface area contributed by atoms with Gasteiger partial charge in [-0.05, 0) is 24.1 Å². The molecule has 5 nitrogen and oxygen atoms in total. The number of aromatic nitrogens is 2. The molecule has 19 heavy (non-hydrogen) atoms. The van der Waals surface area contributed by atoms with E-state index in [0.717, 1.165) is 21.1 Å². The van der Waals surface area contributed by atoms with Gasteiger partial charge in [-0.15, -0.1) is 5.10 Å². The van der Waals surface area contributed by atoms with E-state index in [1.807, 2.05) is 19.1 Å². The van der Waals surface area contributed by atoms with Crippen LogP contribution in [-0.4, -0.2) is 14.9 Å². The van der Waals surface area contributed by atoms with Gasteiger partial charge in [0, 0.05) is 10.9 Å². The van der Waals surface area contributed by atoms with Crippen molar-refractivity contribution in [3.8, 4) is 0 Å². The van der Waals surface area contributed by atoms with Crippen molar-refractivity contribution >= 4 is 15.9 Å². The van der Waals surface area contributed by atoms with Gasteiger partial charge in [0.2, 0.25) is 5.89 Å².